The highest BCUT2D eigenvalue weighted by Gasteiger charge is 2.19. The van der Waals surface area contributed by atoms with Gasteiger partial charge in [-0.05, 0) is 31.5 Å². The Balaban J connectivity index is 1.22. The fourth-order valence-corrected chi connectivity index (χ4v) is 4.19. The molecule has 0 bridgehead atoms. The molecule has 0 aliphatic carbocycles. The summed E-state index contributed by atoms with van der Waals surface area (Å²) in [5.41, 5.74) is 4.96. The van der Waals surface area contributed by atoms with Gasteiger partial charge >= 0.3 is 0 Å². The van der Waals surface area contributed by atoms with E-state index in [4.69, 9.17) is 4.52 Å². The molecule has 0 spiro atoms. The van der Waals surface area contributed by atoms with Crippen LogP contribution >= 0.6 is 0 Å². The van der Waals surface area contributed by atoms with Crippen LogP contribution in [0.25, 0.3) is 11.3 Å². The van der Waals surface area contributed by atoms with Crippen LogP contribution in [0.4, 0.5) is 11.4 Å². The van der Waals surface area contributed by atoms with Crippen LogP contribution in [0.2, 0.25) is 0 Å². The lowest BCUT2D eigenvalue weighted by atomic mass is 10.1. The van der Waals surface area contributed by atoms with E-state index in [0.29, 0.717) is 23.6 Å². The lowest BCUT2D eigenvalue weighted by molar-refractivity contribution is -0.384. The number of anilines is 1. The van der Waals surface area contributed by atoms with Crippen LogP contribution in [0, 0.1) is 24.0 Å². The maximum atomic E-state index is 11.2. The molecule has 0 radical (unpaired) electrons. The highest BCUT2D eigenvalue weighted by molar-refractivity contribution is 5.70. The fraction of sp³-hybridized carbons (Fsp3) is 0.375. The number of nitro groups is 1. The molecule has 4 rings (SSSR count). The molecule has 1 aromatic heterocycles. The van der Waals surface area contributed by atoms with Crippen molar-refractivity contribution < 1.29 is 9.45 Å². The number of para-hydroxylation sites is 1. The second kappa shape index (κ2) is 9.93. The van der Waals surface area contributed by atoms with Crippen molar-refractivity contribution in [2.45, 2.75) is 20.4 Å². The van der Waals surface area contributed by atoms with Crippen molar-refractivity contribution in [3.8, 4) is 11.3 Å². The molecular formula is C24H29N5O3. The highest BCUT2D eigenvalue weighted by atomic mass is 16.6. The van der Waals surface area contributed by atoms with E-state index in [0.717, 1.165) is 39.3 Å². The summed E-state index contributed by atoms with van der Waals surface area (Å²) in [4.78, 5) is 15.8. The fourth-order valence-electron chi connectivity index (χ4n) is 4.19. The Morgan fingerprint density at radius 2 is 1.88 bits per heavy atom. The minimum absolute atomic E-state index is 0.0280. The third-order valence-electron chi connectivity index (χ3n) is 5.90. The van der Waals surface area contributed by atoms with Crippen LogP contribution in [-0.4, -0.2) is 54.2 Å². The van der Waals surface area contributed by atoms with Gasteiger partial charge in [0.25, 0.3) is 5.69 Å². The summed E-state index contributed by atoms with van der Waals surface area (Å²) in [6.07, 6.45) is 0. The van der Waals surface area contributed by atoms with Crippen LogP contribution in [-0.2, 0) is 6.54 Å². The van der Waals surface area contributed by atoms with Gasteiger partial charge < -0.3 is 14.7 Å². The van der Waals surface area contributed by atoms with Crippen molar-refractivity contribution in [1.29, 1.82) is 0 Å². The molecule has 0 saturated carbocycles. The first-order valence-electron chi connectivity index (χ1n) is 11.0. The van der Waals surface area contributed by atoms with Gasteiger partial charge in [-0.15, -0.1) is 0 Å². The van der Waals surface area contributed by atoms with E-state index in [9.17, 15) is 10.1 Å². The first-order valence-corrected chi connectivity index (χ1v) is 11.0. The summed E-state index contributed by atoms with van der Waals surface area (Å²) < 4.78 is 5.37. The Kier molecular flexibility index (Phi) is 6.82. The number of nitro benzene ring substituents is 1. The molecule has 2 aromatic carbocycles. The lowest BCUT2D eigenvalue weighted by Crippen LogP contribution is -2.48. The van der Waals surface area contributed by atoms with Gasteiger partial charge in [-0.2, -0.15) is 0 Å². The summed E-state index contributed by atoms with van der Waals surface area (Å²) in [7, 11) is 0. The maximum absolute atomic E-state index is 11.2. The molecule has 1 aliphatic rings. The van der Waals surface area contributed by atoms with Crippen molar-refractivity contribution in [3.05, 3.63) is 75.5 Å². The van der Waals surface area contributed by atoms with E-state index in [2.05, 4.69) is 52.3 Å². The third-order valence-corrected chi connectivity index (χ3v) is 5.90. The molecule has 0 amide bonds. The molecule has 3 aromatic rings. The largest absolute Gasteiger partial charge is 0.369 e. The topological polar surface area (TPSA) is 87.7 Å². The number of hydrogen-bond donors (Lipinski definition) is 1. The predicted molar refractivity (Wildman–Crippen MR) is 125 cm³/mol. The number of piperazine rings is 1. The van der Waals surface area contributed by atoms with Gasteiger partial charge in [0.05, 0.1) is 17.0 Å². The number of aromatic nitrogens is 1. The van der Waals surface area contributed by atoms with Crippen molar-refractivity contribution >= 4 is 11.4 Å². The van der Waals surface area contributed by atoms with E-state index < -0.39 is 4.92 Å². The maximum Gasteiger partial charge on any atom is 0.278 e. The first-order chi connectivity index (χ1) is 15.5. The van der Waals surface area contributed by atoms with Gasteiger partial charge in [-0.25, -0.2) is 0 Å². The molecule has 168 valence electrons. The van der Waals surface area contributed by atoms with Crippen LogP contribution < -0.4 is 10.2 Å². The van der Waals surface area contributed by atoms with Gasteiger partial charge in [0, 0.05) is 57.1 Å². The summed E-state index contributed by atoms with van der Waals surface area (Å²) >= 11 is 0. The monoisotopic (exact) mass is 435 g/mol. The average Bonchev–Trinajstić information content (AvgIpc) is 3.26. The zero-order valence-electron chi connectivity index (χ0n) is 18.6. The molecule has 0 atom stereocenters. The molecule has 8 heteroatoms. The number of benzene rings is 2. The minimum Gasteiger partial charge on any atom is -0.369 e. The number of nitrogens with zero attached hydrogens (tertiary/aromatic N) is 4. The van der Waals surface area contributed by atoms with Crippen LogP contribution in [0.5, 0.6) is 0 Å². The number of nitrogens with one attached hydrogen (secondary N) is 1. The Bertz CT molecular complexity index is 1070. The zero-order valence-corrected chi connectivity index (χ0v) is 18.6. The second-order valence-corrected chi connectivity index (χ2v) is 8.25. The average molecular weight is 436 g/mol. The summed E-state index contributed by atoms with van der Waals surface area (Å²) in [6.45, 7) is 10.8. The molecule has 2 heterocycles. The van der Waals surface area contributed by atoms with E-state index >= 15 is 0 Å². The standard InChI is InChI=1S/C24H29N5O3/c1-18-7-8-23(19(2)15-18)28-13-11-27(12-14-28)10-9-25-17-20-16-22(26-32-20)21-5-3-4-6-24(21)29(30)31/h3-8,15-16,25H,9-14,17H2,1-2H3. The zero-order chi connectivity index (χ0) is 22.5. The third kappa shape index (κ3) is 5.15. The SMILES string of the molecule is Cc1ccc(N2CCN(CCNCc3cc(-c4ccccc4[N+](=O)[O-])no3)CC2)c(C)c1. The van der Waals surface area contributed by atoms with Crippen LogP contribution in [0.1, 0.15) is 16.9 Å². The van der Waals surface area contributed by atoms with Gasteiger partial charge in [0.1, 0.15) is 5.69 Å². The molecule has 1 fully saturated rings. The van der Waals surface area contributed by atoms with Crippen molar-refractivity contribution in [3.63, 3.8) is 0 Å². The molecular weight excluding hydrogens is 406 g/mol. The van der Waals surface area contributed by atoms with Gasteiger partial charge in [-0.3, -0.25) is 15.0 Å². The van der Waals surface area contributed by atoms with Crippen LogP contribution in [0.15, 0.2) is 53.1 Å². The normalized spacial score (nSPS) is 14.6. The van der Waals surface area contributed by atoms with E-state index in [1.165, 1.54) is 22.9 Å². The summed E-state index contributed by atoms with van der Waals surface area (Å²) in [5, 5.41) is 18.6. The molecule has 1 saturated heterocycles. The Labute approximate surface area is 188 Å². The Hall–Kier alpha value is -3.23. The quantitative estimate of drug-likeness (QED) is 0.327. The highest BCUT2D eigenvalue weighted by Crippen LogP contribution is 2.29. The molecule has 32 heavy (non-hydrogen) atoms. The van der Waals surface area contributed by atoms with Gasteiger partial charge in [0.2, 0.25) is 0 Å². The summed E-state index contributed by atoms with van der Waals surface area (Å²) in [5.74, 6) is 0.665. The molecule has 1 aliphatic heterocycles. The van der Waals surface area contributed by atoms with Crippen molar-refractivity contribution in [2.24, 2.45) is 0 Å². The van der Waals surface area contributed by atoms with E-state index in [1.54, 1.807) is 24.3 Å². The number of hydrogen-bond acceptors (Lipinski definition) is 7. The van der Waals surface area contributed by atoms with E-state index in [1.807, 2.05) is 0 Å². The van der Waals surface area contributed by atoms with Crippen molar-refractivity contribution in [2.75, 3.05) is 44.2 Å². The van der Waals surface area contributed by atoms with Gasteiger partial charge in [0.15, 0.2) is 5.76 Å². The minimum atomic E-state index is -0.401. The predicted octanol–water partition coefficient (Wildman–Crippen LogP) is 3.78. The number of aryl methyl sites for hydroxylation is 2. The Morgan fingerprint density at radius 3 is 2.62 bits per heavy atom. The molecule has 1 N–H and O–H groups in total. The smallest absolute Gasteiger partial charge is 0.278 e. The van der Waals surface area contributed by atoms with Crippen molar-refractivity contribution in [1.82, 2.24) is 15.4 Å². The molecule has 8 nitrogen and oxygen atoms in total. The van der Waals surface area contributed by atoms with E-state index in [-0.39, 0.29) is 5.69 Å². The molecule has 0 unspecified atom stereocenters. The number of rotatable bonds is 8. The lowest BCUT2D eigenvalue weighted by Gasteiger charge is -2.37. The van der Waals surface area contributed by atoms with Crippen LogP contribution in [0.3, 0.4) is 0 Å². The second-order valence-electron chi connectivity index (χ2n) is 8.25. The first kappa shape index (κ1) is 22.0. The summed E-state index contributed by atoms with van der Waals surface area (Å²) in [6, 6.07) is 15.0. The Morgan fingerprint density at radius 1 is 1.09 bits per heavy atom. The van der Waals surface area contributed by atoms with Gasteiger partial charge in [-0.1, -0.05) is 35.0 Å².